The summed E-state index contributed by atoms with van der Waals surface area (Å²) in [5.41, 5.74) is 2.53. The second-order valence-corrected chi connectivity index (χ2v) is 6.38. The van der Waals surface area contributed by atoms with Gasteiger partial charge in [0.15, 0.2) is 5.69 Å². The molecule has 26 heavy (non-hydrogen) atoms. The number of aromatic carboxylic acids is 2. The predicted molar refractivity (Wildman–Crippen MR) is 99.8 cm³/mol. The summed E-state index contributed by atoms with van der Waals surface area (Å²) in [4.78, 5) is 27.3. The molecule has 3 rings (SSSR count). The molecule has 7 heteroatoms. The average molecular weight is 368 g/mol. The highest BCUT2D eigenvalue weighted by atomic mass is 32.2. The average Bonchev–Trinajstić information content (AvgIpc) is 2.98. The smallest absolute Gasteiger partial charge is 0.355 e. The Labute approximate surface area is 154 Å². The van der Waals surface area contributed by atoms with E-state index >= 15 is 0 Å². The highest BCUT2D eigenvalue weighted by Gasteiger charge is 2.21. The maximum atomic E-state index is 11.5. The molecule has 0 aliphatic carbocycles. The van der Waals surface area contributed by atoms with Crippen LogP contribution in [0.5, 0.6) is 0 Å². The Morgan fingerprint density at radius 2 is 1.58 bits per heavy atom. The standard InChI is InChI=1S/C19H16N2O4S/c1-21-15(19(24)25)17(26-2)20-16(21)12-9-7-11(8-10-12)13-5-3-4-6-14(13)18(22)23/h3-10H,1-2H3,(H,22,23)(H,24,25). The first-order chi connectivity index (χ1) is 12.4. The summed E-state index contributed by atoms with van der Waals surface area (Å²) in [6.07, 6.45) is 1.78. The molecule has 0 aliphatic rings. The van der Waals surface area contributed by atoms with E-state index in [4.69, 9.17) is 0 Å². The molecule has 6 nitrogen and oxygen atoms in total. The maximum absolute atomic E-state index is 11.5. The Balaban J connectivity index is 2.05. The highest BCUT2D eigenvalue weighted by Crippen LogP contribution is 2.29. The van der Waals surface area contributed by atoms with E-state index < -0.39 is 11.9 Å². The lowest BCUT2D eigenvalue weighted by Gasteiger charge is -2.08. The van der Waals surface area contributed by atoms with Crippen molar-refractivity contribution in [2.24, 2.45) is 7.05 Å². The van der Waals surface area contributed by atoms with Crippen molar-refractivity contribution < 1.29 is 19.8 Å². The number of thioether (sulfide) groups is 1. The number of carboxylic acid groups (broad SMARTS) is 2. The summed E-state index contributed by atoms with van der Waals surface area (Å²) in [5, 5.41) is 19.2. The molecular weight excluding hydrogens is 352 g/mol. The van der Waals surface area contributed by atoms with Gasteiger partial charge in [0, 0.05) is 12.6 Å². The summed E-state index contributed by atoms with van der Waals surface area (Å²) in [7, 11) is 1.67. The summed E-state index contributed by atoms with van der Waals surface area (Å²) in [5.74, 6) is -1.46. The Kier molecular flexibility index (Phi) is 4.81. The van der Waals surface area contributed by atoms with Crippen LogP contribution in [-0.4, -0.2) is 38.0 Å². The second kappa shape index (κ2) is 7.05. The zero-order valence-electron chi connectivity index (χ0n) is 14.1. The monoisotopic (exact) mass is 368 g/mol. The summed E-state index contributed by atoms with van der Waals surface area (Å²) in [6.45, 7) is 0. The minimum atomic E-state index is -1.03. The van der Waals surface area contributed by atoms with Crippen LogP contribution >= 0.6 is 11.8 Å². The van der Waals surface area contributed by atoms with Crippen molar-refractivity contribution in [3.63, 3.8) is 0 Å². The fourth-order valence-electron chi connectivity index (χ4n) is 2.83. The van der Waals surface area contributed by atoms with E-state index in [1.54, 1.807) is 42.1 Å². The molecule has 0 amide bonds. The van der Waals surface area contributed by atoms with Crippen molar-refractivity contribution in [3.8, 4) is 22.5 Å². The van der Waals surface area contributed by atoms with Crippen LogP contribution in [-0.2, 0) is 7.05 Å². The van der Waals surface area contributed by atoms with Crippen molar-refractivity contribution >= 4 is 23.7 Å². The summed E-state index contributed by atoms with van der Waals surface area (Å²) in [6, 6.07) is 14.0. The van der Waals surface area contributed by atoms with Gasteiger partial charge in [-0.3, -0.25) is 0 Å². The van der Waals surface area contributed by atoms with Gasteiger partial charge in [-0.15, -0.1) is 11.8 Å². The third-order valence-electron chi connectivity index (χ3n) is 4.07. The van der Waals surface area contributed by atoms with Gasteiger partial charge in [0.25, 0.3) is 0 Å². The van der Waals surface area contributed by atoms with Crippen LogP contribution in [0.15, 0.2) is 53.6 Å². The Bertz CT molecular complexity index is 993. The van der Waals surface area contributed by atoms with Crippen LogP contribution in [0.2, 0.25) is 0 Å². The van der Waals surface area contributed by atoms with Crippen molar-refractivity contribution in [3.05, 3.63) is 59.8 Å². The van der Waals surface area contributed by atoms with Gasteiger partial charge in [-0.25, -0.2) is 14.6 Å². The molecule has 132 valence electrons. The molecule has 2 N–H and O–H groups in total. The van der Waals surface area contributed by atoms with Crippen LogP contribution < -0.4 is 0 Å². The van der Waals surface area contributed by atoms with Crippen LogP contribution in [0.25, 0.3) is 22.5 Å². The molecule has 0 saturated heterocycles. The van der Waals surface area contributed by atoms with Gasteiger partial charge in [-0.2, -0.15) is 0 Å². The molecule has 1 heterocycles. The van der Waals surface area contributed by atoms with Gasteiger partial charge < -0.3 is 14.8 Å². The topological polar surface area (TPSA) is 92.4 Å². The van der Waals surface area contributed by atoms with Gasteiger partial charge in [0.05, 0.1) is 5.56 Å². The van der Waals surface area contributed by atoms with E-state index in [1.807, 2.05) is 24.3 Å². The van der Waals surface area contributed by atoms with E-state index in [9.17, 15) is 19.8 Å². The molecule has 1 aromatic heterocycles. The third-order valence-corrected chi connectivity index (χ3v) is 4.74. The van der Waals surface area contributed by atoms with E-state index in [-0.39, 0.29) is 11.3 Å². The van der Waals surface area contributed by atoms with Gasteiger partial charge >= 0.3 is 11.9 Å². The second-order valence-electron chi connectivity index (χ2n) is 5.59. The van der Waals surface area contributed by atoms with Gasteiger partial charge in [0.2, 0.25) is 0 Å². The summed E-state index contributed by atoms with van der Waals surface area (Å²) >= 11 is 1.28. The lowest BCUT2D eigenvalue weighted by atomic mass is 9.98. The highest BCUT2D eigenvalue weighted by molar-refractivity contribution is 7.98. The van der Waals surface area contributed by atoms with Crippen molar-refractivity contribution in [2.75, 3.05) is 6.26 Å². The molecule has 0 radical (unpaired) electrons. The summed E-state index contributed by atoms with van der Waals surface area (Å²) < 4.78 is 1.55. The molecule has 2 aromatic carbocycles. The van der Waals surface area contributed by atoms with Crippen molar-refractivity contribution in [2.45, 2.75) is 5.03 Å². The number of carboxylic acids is 2. The number of benzene rings is 2. The Morgan fingerprint density at radius 1 is 0.962 bits per heavy atom. The number of hydrogen-bond acceptors (Lipinski definition) is 4. The molecule has 0 spiro atoms. The van der Waals surface area contributed by atoms with Gasteiger partial charge in [-0.05, 0) is 23.4 Å². The predicted octanol–water partition coefficient (Wildman–Crippen LogP) is 3.87. The molecule has 0 bridgehead atoms. The van der Waals surface area contributed by atoms with Crippen molar-refractivity contribution in [1.82, 2.24) is 9.55 Å². The molecule has 0 saturated carbocycles. The lowest BCUT2D eigenvalue weighted by Crippen LogP contribution is -2.06. The van der Waals surface area contributed by atoms with Crippen molar-refractivity contribution in [1.29, 1.82) is 0 Å². The van der Waals surface area contributed by atoms with E-state index in [1.165, 1.54) is 11.8 Å². The number of imidazole rings is 1. The molecule has 0 fully saturated rings. The Morgan fingerprint density at radius 3 is 2.12 bits per heavy atom. The first kappa shape index (κ1) is 17.8. The van der Waals surface area contributed by atoms with Crippen LogP contribution in [0.3, 0.4) is 0 Å². The largest absolute Gasteiger partial charge is 0.478 e. The normalized spacial score (nSPS) is 10.7. The van der Waals surface area contributed by atoms with E-state index in [0.717, 1.165) is 11.1 Å². The molecule has 0 atom stereocenters. The van der Waals surface area contributed by atoms with Gasteiger partial charge in [-0.1, -0.05) is 42.5 Å². The molecule has 3 aromatic rings. The van der Waals surface area contributed by atoms with E-state index in [0.29, 0.717) is 16.4 Å². The SMILES string of the molecule is CSc1nc(-c2ccc(-c3ccccc3C(=O)O)cc2)n(C)c1C(=O)O. The molecular formula is C19H16N2O4S. The van der Waals surface area contributed by atoms with E-state index in [2.05, 4.69) is 4.98 Å². The van der Waals surface area contributed by atoms with Crippen LogP contribution in [0.1, 0.15) is 20.8 Å². The number of hydrogen-bond donors (Lipinski definition) is 2. The minimum absolute atomic E-state index is 0.146. The minimum Gasteiger partial charge on any atom is -0.478 e. The molecule has 0 aliphatic heterocycles. The molecule has 0 unspecified atom stereocenters. The fourth-order valence-corrected chi connectivity index (χ4v) is 3.42. The lowest BCUT2D eigenvalue weighted by molar-refractivity contribution is 0.0676. The third kappa shape index (κ3) is 3.09. The van der Waals surface area contributed by atoms with Crippen LogP contribution in [0.4, 0.5) is 0 Å². The van der Waals surface area contributed by atoms with Gasteiger partial charge in [0.1, 0.15) is 10.9 Å². The van der Waals surface area contributed by atoms with Crippen LogP contribution in [0, 0.1) is 0 Å². The maximum Gasteiger partial charge on any atom is 0.355 e. The first-order valence-corrected chi connectivity index (χ1v) is 8.93. The number of nitrogens with zero attached hydrogens (tertiary/aromatic N) is 2. The number of carbonyl (C=O) groups is 2. The first-order valence-electron chi connectivity index (χ1n) is 7.71. The zero-order valence-corrected chi connectivity index (χ0v) is 14.9. The number of aromatic nitrogens is 2. The quantitative estimate of drug-likeness (QED) is 0.664. The number of rotatable bonds is 5. The fraction of sp³-hybridized carbons (Fsp3) is 0.105. The Hall–Kier alpha value is -3.06. The zero-order chi connectivity index (χ0) is 18.8.